The fourth-order valence-electron chi connectivity index (χ4n) is 1.74. The molecule has 0 aliphatic heterocycles. The highest BCUT2D eigenvalue weighted by Gasteiger charge is 2.18. The van der Waals surface area contributed by atoms with Crippen LogP contribution in [0.5, 0.6) is 5.75 Å². The van der Waals surface area contributed by atoms with Gasteiger partial charge in [-0.2, -0.15) is 0 Å². The molecular formula is C13H18ClNO3. The lowest BCUT2D eigenvalue weighted by molar-refractivity contribution is 0.0693. The van der Waals surface area contributed by atoms with Crippen LogP contribution < -0.4 is 5.73 Å². The molecule has 4 N–H and O–H groups in total. The Kier molecular flexibility index (Phi) is 5.88. The summed E-state index contributed by atoms with van der Waals surface area (Å²) >= 11 is 0. The van der Waals surface area contributed by atoms with Crippen LogP contribution in [-0.4, -0.2) is 16.2 Å². The number of nitrogens with two attached hydrogens (primary N) is 1. The van der Waals surface area contributed by atoms with Gasteiger partial charge < -0.3 is 15.9 Å². The van der Waals surface area contributed by atoms with Crippen molar-refractivity contribution < 1.29 is 15.0 Å². The first-order valence-electron chi connectivity index (χ1n) is 5.29. The number of hydrogen-bond acceptors (Lipinski definition) is 3. The topological polar surface area (TPSA) is 83.6 Å². The molecule has 1 rings (SSSR count). The SMILES string of the molecule is C=C(C)C[C@H](N)c1cc(C)cc(C(=O)O)c1O.Cl. The largest absolute Gasteiger partial charge is 0.507 e. The molecule has 0 saturated heterocycles. The lowest BCUT2D eigenvalue weighted by Gasteiger charge is -2.16. The van der Waals surface area contributed by atoms with E-state index in [1.165, 1.54) is 6.07 Å². The fourth-order valence-corrected chi connectivity index (χ4v) is 1.74. The van der Waals surface area contributed by atoms with Crippen molar-refractivity contribution >= 4 is 18.4 Å². The van der Waals surface area contributed by atoms with Gasteiger partial charge in [0, 0.05) is 11.6 Å². The molecule has 4 nitrogen and oxygen atoms in total. The summed E-state index contributed by atoms with van der Waals surface area (Å²) in [4.78, 5) is 11.0. The van der Waals surface area contributed by atoms with Gasteiger partial charge in [-0.3, -0.25) is 0 Å². The van der Waals surface area contributed by atoms with E-state index in [9.17, 15) is 9.90 Å². The summed E-state index contributed by atoms with van der Waals surface area (Å²) in [6, 6.07) is 2.69. The summed E-state index contributed by atoms with van der Waals surface area (Å²) < 4.78 is 0. The number of hydrogen-bond donors (Lipinski definition) is 3. The Labute approximate surface area is 113 Å². The number of aromatic carboxylic acids is 1. The van der Waals surface area contributed by atoms with E-state index in [0.717, 1.165) is 11.1 Å². The second-order valence-corrected chi connectivity index (χ2v) is 4.32. The molecule has 0 spiro atoms. The lowest BCUT2D eigenvalue weighted by Crippen LogP contribution is -2.12. The first-order valence-corrected chi connectivity index (χ1v) is 5.29. The van der Waals surface area contributed by atoms with Gasteiger partial charge in [0.2, 0.25) is 0 Å². The summed E-state index contributed by atoms with van der Waals surface area (Å²) in [5.74, 6) is -1.41. The number of benzene rings is 1. The minimum Gasteiger partial charge on any atom is -0.507 e. The van der Waals surface area contributed by atoms with Crippen LogP contribution in [0, 0.1) is 6.92 Å². The van der Waals surface area contributed by atoms with Crippen molar-refractivity contribution in [3.05, 3.63) is 41.0 Å². The van der Waals surface area contributed by atoms with Crippen LogP contribution in [0.2, 0.25) is 0 Å². The van der Waals surface area contributed by atoms with Gasteiger partial charge in [-0.1, -0.05) is 11.6 Å². The molecule has 1 atom stereocenters. The monoisotopic (exact) mass is 271 g/mol. The van der Waals surface area contributed by atoms with Crippen molar-refractivity contribution in [1.82, 2.24) is 0 Å². The fraction of sp³-hybridized carbons (Fsp3) is 0.308. The van der Waals surface area contributed by atoms with Crippen LogP contribution in [0.1, 0.15) is 40.9 Å². The Hall–Kier alpha value is -1.52. The zero-order chi connectivity index (χ0) is 13.2. The summed E-state index contributed by atoms with van der Waals surface area (Å²) in [5, 5.41) is 18.8. The zero-order valence-electron chi connectivity index (χ0n) is 10.4. The predicted octanol–water partition coefficient (Wildman–Crippen LogP) is 2.79. The lowest BCUT2D eigenvalue weighted by atomic mass is 9.96. The van der Waals surface area contributed by atoms with E-state index >= 15 is 0 Å². The first kappa shape index (κ1) is 16.5. The number of aryl methyl sites for hydroxylation is 1. The first-order chi connectivity index (χ1) is 7.82. The van der Waals surface area contributed by atoms with Crippen molar-refractivity contribution in [1.29, 1.82) is 0 Å². The van der Waals surface area contributed by atoms with E-state index in [1.807, 2.05) is 6.92 Å². The molecule has 0 bridgehead atoms. The molecule has 0 amide bonds. The van der Waals surface area contributed by atoms with Crippen LogP contribution in [0.25, 0.3) is 0 Å². The molecule has 0 radical (unpaired) electrons. The van der Waals surface area contributed by atoms with E-state index in [1.54, 1.807) is 13.0 Å². The van der Waals surface area contributed by atoms with Gasteiger partial charge in [0.05, 0.1) is 0 Å². The Morgan fingerprint density at radius 1 is 1.50 bits per heavy atom. The van der Waals surface area contributed by atoms with Gasteiger partial charge in [-0.15, -0.1) is 19.0 Å². The zero-order valence-corrected chi connectivity index (χ0v) is 11.3. The number of halogens is 1. The molecule has 18 heavy (non-hydrogen) atoms. The van der Waals surface area contributed by atoms with E-state index in [0.29, 0.717) is 12.0 Å². The number of rotatable bonds is 4. The Morgan fingerprint density at radius 2 is 2.06 bits per heavy atom. The van der Waals surface area contributed by atoms with Crippen molar-refractivity contribution in [2.24, 2.45) is 5.73 Å². The molecule has 100 valence electrons. The third kappa shape index (κ3) is 3.75. The molecule has 5 heteroatoms. The van der Waals surface area contributed by atoms with Crippen molar-refractivity contribution in [2.75, 3.05) is 0 Å². The maximum atomic E-state index is 11.0. The number of aromatic hydroxyl groups is 1. The maximum Gasteiger partial charge on any atom is 0.339 e. The van der Waals surface area contributed by atoms with Crippen LogP contribution in [-0.2, 0) is 0 Å². The van der Waals surface area contributed by atoms with E-state index < -0.39 is 12.0 Å². The smallest absolute Gasteiger partial charge is 0.339 e. The molecule has 1 aromatic rings. The van der Waals surface area contributed by atoms with E-state index in [2.05, 4.69) is 6.58 Å². The van der Waals surface area contributed by atoms with Gasteiger partial charge in [0.15, 0.2) is 0 Å². The number of carboxylic acids is 1. The van der Waals surface area contributed by atoms with Gasteiger partial charge in [0.25, 0.3) is 0 Å². The number of carboxylic acid groups (broad SMARTS) is 1. The van der Waals surface area contributed by atoms with Gasteiger partial charge in [0.1, 0.15) is 11.3 Å². The molecule has 1 aromatic carbocycles. The van der Waals surface area contributed by atoms with Crippen LogP contribution in [0.4, 0.5) is 0 Å². The van der Waals surface area contributed by atoms with Crippen molar-refractivity contribution in [3.8, 4) is 5.75 Å². The molecule has 0 aliphatic carbocycles. The average Bonchev–Trinajstić information content (AvgIpc) is 2.19. The maximum absolute atomic E-state index is 11.0. The Balaban J connectivity index is 0.00000289. The normalized spacial score (nSPS) is 11.5. The third-order valence-electron chi connectivity index (χ3n) is 2.48. The van der Waals surface area contributed by atoms with Gasteiger partial charge >= 0.3 is 5.97 Å². The molecule has 0 saturated carbocycles. The third-order valence-corrected chi connectivity index (χ3v) is 2.48. The average molecular weight is 272 g/mol. The Morgan fingerprint density at radius 3 is 2.50 bits per heavy atom. The molecular weight excluding hydrogens is 254 g/mol. The van der Waals surface area contributed by atoms with Gasteiger partial charge in [-0.05, 0) is 31.9 Å². The highest BCUT2D eigenvalue weighted by Crippen LogP contribution is 2.31. The summed E-state index contributed by atoms with van der Waals surface area (Å²) in [5.41, 5.74) is 7.90. The summed E-state index contributed by atoms with van der Waals surface area (Å²) in [6.07, 6.45) is 0.510. The van der Waals surface area contributed by atoms with E-state index in [4.69, 9.17) is 10.8 Å². The quantitative estimate of drug-likeness (QED) is 0.735. The number of phenols is 1. The van der Waals surface area contributed by atoms with Crippen molar-refractivity contribution in [3.63, 3.8) is 0 Å². The predicted molar refractivity (Wildman–Crippen MR) is 73.4 cm³/mol. The summed E-state index contributed by atoms with van der Waals surface area (Å²) in [7, 11) is 0. The standard InChI is InChI=1S/C13H17NO3.ClH/c1-7(2)4-11(14)9-5-8(3)6-10(12(9)15)13(16)17;/h5-6,11,15H,1,4,14H2,2-3H3,(H,16,17);1H/t11-;/m0./s1. The van der Waals surface area contributed by atoms with Crippen LogP contribution in [0.3, 0.4) is 0 Å². The minimum absolute atomic E-state index is 0. The molecule has 0 fully saturated rings. The highest BCUT2D eigenvalue weighted by molar-refractivity contribution is 5.91. The van der Waals surface area contributed by atoms with Crippen molar-refractivity contribution in [2.45, 2.75) is 26.3 Å². The van der Waals surface area contributed by atoms with Gasteiger partial charge in [-0.25, -0.2) is 4.79 Å². The second-order valence-electron chi connectivity index (χ2n) is 4.32. The molecule has 0 heterocycles. The molecule has 0 aromatic heterocycles. The van der Waals surface area contributed by atoms with Crippen LogP contribution in [0.15, 0.2) is 24.3 Å². The van der Waals surface area contributed by atoms with E-state index in [-0.39, 0.29) is 23.7 Å². The second kappa shape index (κ2) is 6.42. The van der Waals surface area contributed by atoms with Crippen LogP contribution >= 0.6 is 12.4 Å². The number of carbonyl (C=O) groups is 1. The molecule has 0 aliphatic rings. The highest BCUT2D eigenvalue weighted by atomic mass is 35.5. The summed E-state index contributed by atoms with van der Waals surface area (Å²) in [6.45, 7) is 7.36. The molecule has 0 unspecified atom stereocenters. The minimum atomic E-state index is -1.16. The Bertz CT molecular complexity index is 472.